The molecule has 0 unspecified atom stereocenters. The third-order valence-electron chi connectivity index (χ3n) is 4.99. The summed E-state index contributed by atoms with van der Waals surface area (Å²) >= 11 is 0. The van der Waals surface area contributed by atoms with Gasteiger partial charge in [-0.15, -0.1) is 0 Å². The van der Waals surface area contributed by atoms with Crippen LogP contribution in [-0.2, 0) is 13.1 Å². The van der Waals surface area contributed by atoms with Crippen molar-refractivity contribution in [3.05, 3.63) is 119 Å². The Balaban J connectivity index is 1.53. The molecule has 1 aromatic heterocycles. The Morgan fingerprint density at radius 3 is 1.97 bits per heavy atom. The van der Waals surface area contributed by atoms with E-state index in [0.29, 0.717) is 18.3 Å². The second-order valence-corrected chi connectivity index (χ2v) is 7.46. The molecule has 0 aliphatic carbocycles. The molecule has 0 aliphatic rings. The molecule has 0 atom stereocenters. The van der Waals surface area contributed by atoms with Crippen molar-refractivity contribution in [2.24, 2.45) is 0 Å². The Labute approximate surface area is 171 Å². The average molecular weight is 383 g/mol. The number of benzene rings is 3. The van der Waals surface area contributed by atoms with E-state index in [-0.39, 0.29) is 5.92 Å². The maximum absolute atomic E-state index is 5.61. The number of hydrogen-bond acceptors (Lipinski definition) is 4. The molecule has 0 fully saturated rings. The molecule has 146 valence electrons. The first kappa shape index (κ1) is 19.1. The Morgan fingerprint density at radius 1 is 0.793 bits per heavy atom. The highest BCUT2D eigenvalue weighted by atomic mass is 16.5. The maximum Gasteiger partial charge on any atom is 0.240 e. The van der Waals surface area contributed by atoms with Crippen LogP contribution in [0.4, 0.5) is 0 Å². The Hall–Kier alpha value is -3.24. The molecule has 4 heteroatoms. The number of aromatic nitrogens is 2. The Kier molecular flexibility index (Phi) is 5.82. The van der Waals surface area contributed by atoms with Crippen molar-refractivity contribution in [2.75, 3.05) is 7.05 Å². The third-order valence-corrected chi connectivity index (χ3v) is 4.99. The Bertz CT molecular complexity index is 987. The lowest BCUT2D eigenvalue weighted by molar-refractivity contribution is 0.260. The average Bonchev–Trinajstić information content (AvgIpc) is 3.19. The minimum atomic E-state index is -0.0442. The fourth-order valence-corrected chi connectivity index (χ4v) is 3.52. The van der Waals surface area contributed by atoms with Gasteiger partial charge in [-0.25, -0.2) is 0 Å². The van der Waals surface area contributed by atoms with Crippen molar-refractivity contribution in [1.82, 2.24) is 15.0 Å². The van der Waals surface area contributed by atoms with Crippen molar-refractivity contribution in [1.29, 1.82) is 0 Å². The van der Waals surface area contributed by atoms with Crippen molar-refractivity contribution in [3.63, 3.8) is 0 Å². The van der Waals surface area contributed by atoms with Crippen LogP contribution in [0.2, 0.25) is 0 Å². The van der Waals surface area contributed by atoms with E-state index in [0.717, 1.165) is 17.7 Å². The fourth-order valence-electron chi connectivity index (χ4n) is 3.52. The summed E-state index contributed by atoms with van der Waals surface area (Å²) in [6.07, 6.45) is 0. The molecule has 1 heterocycles. The molecule has 0 amide bonds. The van der Waals surface area contributed by atoms with Gasteiger partial charge in [0.25, 0.3) is 0 Å². The largest absolute Gasteiger partial charge is 0.338 e. The topological polar surface area (TPSA) is 42.2 Å². The summed E-state index contributed by atoms with van der Waals surface area (Å²) in [4.78, 5) is 6.92. The molecule has 0 saturated heterocycles. The minimum absolute atomic E-state index is 0.0442. The molecule has 0 bridgehead atoms. The highest BCUT2D eigenvalue weighted by Crippen LogP contribution is 2.29. The molecule has 29 heavy (non-hydrogen) atoms. The zero-order chi connectivity index (χ0) is 20.1. The van der Waals surface area contributed by atoms with Gasteiger partial charge in [-0.05, 0) is 30.7 Å². The molecular weight excluding hydrogens is 358 g/mol. The van der Waals surface area contributed by atoms with E-state index in [2.05, 4.69) is 72.6 Å². The molecule has 4 nitrogen and oxygen atoms in total. The maximum atomic E-state index is 5.61. The summed E-state index contributed by atoms with van der Waals surface area (Å²) in [6.45, 7) is 3.54. The summed E-state index contributed by atoms with van der Waals surface area (Å²) in [7, 11) is 2.07. The molecule has 0 aliphatic heterocycles. The molecule has 4 aromatic rings. The van der Waals surface area contributed by atoms with Crippen molar-refractivity contribution < 1.29 is 4.52 Å². The standard InChI is InChI=1S/C25H25N3O/c1-19-13-15-20(16-14-19)17-28(2)18-23-26-25(27-29-23)24(21-9-5-3-6-10-21)22-11-7-4-8-12-22/h3-16,24H,17-18H2,1-2H3. The van der Waals surface area contributed by atoms with E-state index in [4.69, 9.17) is 9.51 Å². The van der Waals surface area contributed by atoms with Crippen LogP contribution in [0.3, 0.4) is 0 Å². The smallest absolute Gasteiger partial charge is 0.240 e. The SMILES string of the molecule is Cc1ccc(CN(C)Cc2nc(C(c3ccccc3)c3ccccc3)no2)cc1. The van der Waals surface area contributed by atoms with Crippen molar-refractivity contribution in [3.8, 4) is 0 Å². The summed E-state index contributed by atoms with van der Waals surface area (Å²) in [5, 5.41) is 4.33. The number of hydrogen-bond donors (Lipinski definition) is 0. The van der Waals surface area contributed by atoms with Gasteiger partial charge in [0, 0.05) is 6.54 Å². The van der Waals surface area contributed by atoms with E-state index in [1.54, 1.807) is 0 Å². The summed E-state index contributed by atoms with van der Waals surface area (Å²) in [5.74, 6) is 1.28. The monoisotopic (exact) mass is 383 g/mol. The minimum Gasteiger partial charge on any atom is -0.338 e. The van der Waals surface area contributed by atoms with Gasteiger partial charge in [0.1, 0.15) is 0 Å². The second-order valence-electron chi connectivity index (χ2n) is 7.46. The van der Waals surface area contributed by atoms with Gasteiger partial charge in [0.05, 0.1) is 12.5 Å². The first-order valence-electron chi connectivity index (χ1n) is 9.85. The van der Waals surface area contributed by atoms with E-state index in [9.17, 15) is 0 Å². The summed E-state index contributed by atoms with van der Waals surface area (Å²) in [6, 6.07) is 29.2. The van der Waals surface area contributed by atoms with Crippen LogP contribution >= 0.6 is 0 Å². The number of rotatable bonds is 7. The molecule has 0 radical (unpaired) electrons. The molecule has 0 spiro atoms. The predicted molar refractivity (Wildman–Crippen MR) is 114 cm³/mol. The van der Waals surface area contributed by atoms with E-state index < -0.39 is 0 Å². The lowest BCUT2D eigenvalue weighted by atomic mass is 9.91. The van der Waals surface area contributed by atoms with Gasteiger partial charge in [-0.1, -0.05) is 95.6 Å². The van der Waals surface area contributed by atoms with E-state index in [1.807, 2.05) is 36.4 Å². The predicted octanol–water partition coefficient (Wildman–Crippen LogP) is 5.19. The Morgan fingerprint density at radius 2 is 1.38 bits per heavy atom. The molecular formula is C25H25N3O. The quantitative estimate of drug-likeness (QED) is 0.440. The van der Waals surface area contributed by atoms with Crippen LogP contribution in [0.25, 0.3) is 0 Å². The van der Waals surface area contributed by atoms with Crippen LogP contribution in [-0.4, -0.2) is 22.1 Å². The lowest BCUT2D eigenvalue weighted by Crippen LogP contribution is -2.17. The molecule has 0 saturated carbocycles. The van der Waals surface area contributed by atoms with Crippen LogP contribution in [0, 0.1) is 6.92 Å². The van der Waals surface area contributed by atoms with Gasteiger partial charge in [0.15, 0.2) is 5.82 Å². The first-order valence-corrected chi connectivity index (χ1v) is 9.85. The van der Waals surface area contributed by atoms with Gasteiger partial charge >= 0.3 is 0 Å². The number of aryl methyl sites for hydroxylation is 1. The fraction of sp³-hybridized carbons (Fsp3) is 0.200. The highest BCUT2D eigenvalue weighted by Gasteiger charge is 2.22. The zero-order valence-corrected chi connectivity index (χ0v) is 16.8. The van der Waals surface area contributed by atoms with Crippen molar-refractivity contribution in [2.45, 2.75) is 25.9 Å². The van der Waals surface area contributed by atoms with Crippen LogP contribution < -0.4 is 0 Å². The highest BCUT2D eigenvalue weighted by molar-refractivity contribution is 5.37. The van der Waals surface area contributed by atoms with Crippen molar-refractivity contribution >= 4 is 0 Å². The summed E-state index contributed by atoms with van der Waals surface area (Å²) < 4.78 is 5.61. The van der Waals surface area contributed by atoms with Crippen LogP contribution in [0.1, 0.15) is 39.9 Å². The second kappa shape index (κ2) is 8.84. The van der Waals surface area contributed by atoms with Gasteiger partial charge in [0.2, 0.25) is 5.89 Å². The van der Waals surface area contributed by atoms with Gasteiger partial charge < -0.3 is 4.52 Å². The third kappa shape index (κ3) is 4.79. The van der Waals surface area contributed by atoms with E-state index >= 15 is 0 Å². The number of nitrogens with zero attached hydrogens (tertiary/aromatic N) is 3. The lowest BCUT2D eigenvalue weighted by Gasteiger charge is -2.15. The zero-order valence-electron chi connectivity index (χ0n) is 16.8. The van der Waals surface area contributed by atoms with Gasteiger partial charge in [-0.3, -0.25) is 4.90 Å². The van der Waals surface area contributed by atoms with Crippen LogP contribution in [0.5, 0.6) is 0 Å². The first-order chi connectivity index (χ1) is 14.2. The molecule has 0 N–H and O–H groups in total. The van der Waals surface area contributed by atoms with Crippen LogP contribution in [0.15, 0.2) is 89.5 Å². The molecule has 4 rings (SSSR count). The van der Waals surface area contributed by atoms with Gasteiger partial charge in [-0.2, -0.15) is 4.98 Å². The normalized spacial score (nSPS) is 11.3. The molecule has 3 aromatic carbocycles. The summed E-state index contributed by atoms with van der Waals surface area (Å²) in [5.41, 5.74) is 4.84. The van der Waals surface area contributed by atoms with E-state index in [1.165, 1.54) is 11.1 Å².